The average Bonchev–Trinajstić information content (AvgIpc) is 2.51. The number of hydrogen-bond acceptors (Lipinski definition) is 4. The first-order valence-electron chi connectivity index (χ1n) is 6.46. The zero-order valence-electron chi connectivity index (χ0n) is 11.6. The number of hydrogen-bond donors (Lipinski definition) is 1. The minimum atomic E-state index is -3.78. The zero-order valence-corrected chi connectivity index (χ0v) is 13.2. The van der Waals surface area contributed by atoms with Crippen LogP contribution in [-0.4, -0.2) is 18.4 Å². The van der Waals surface area contributed by atoms with Gasteiger partial charge in [-0.2, -0.15) is 8.42 Å². The summed E-state index contributed by atoms with van der Waals surface area (Å²) in [6.45, 7) is 1.84. The van der Waals surface area contributed by atoms with Crippen LogP contribution in [0, 0.1) is 6.92 Å². The van der Waals surface area contributed by atoms with Gasteiger partial charge in [-0.15, -0.1) is 0 Å². The van der Waals surface area contributed by atoms with Gasteiger partial charge in [-0.25, -0.2) is 4.98 Å². The first kappa shape index (κ1) is 14.7. The number of nitrogens with zero attached hydrogens (tertiary/aromatic N) is 2. The van der Waals surface area contributed by atoms with Gasteiger partial charge in [0, 0.05) is 17.8 Å². The van der Waals surface area contributed by atoms with Gasteiger partial charge < -0.3 is 0 Å². The summed E-state index contributed by atoms with van der Waals surface area (Å²) < 4.78 is 27.3. The molecule has 3 aromatic rings. The first-order chi connectivity index (χ1) is 10.5. The number of rotatable bonds is 3. The Hall–Kier alpha value is -2.18. The minimum Gasteiger partial charge on any atom is -0.276 e. The lowest BCUT2D eigenvalue weighted by Gasteiger charge is -2.10. The van der Waals surface area contributed by atoms with E-state index in [0.717, 1.165) is 5.56 Å². The Balaban J connectivity index is 2.06. The fraction of sp³-hybridized carbons (Fsp3) is 0.0667. The van der Waals surface area contributed by atoms with Crippen LogP contribution >= 0.6 is 11.6 Å². The van der Waals surface area contributed by atoms with Gasteiger partial charge in [0.15, 0.2) is 5.03 Å². The normalized spacial score (nSPS) is 11.5. The fourth-order valence-corrected chi connectivity index (χ4v) is 3.24. The van der Waals surface area contributed by atoms with Crippen LogP contribution in [-0.2, 0) is 10.0 Å². The van der Waals surface area contributed by atoms with Gasteiger partial charge in [0.25, 0.3) is 10.0 Å². The molecule has 0 aliphatic rings. The molecule has 112 valence electrons. The quantitative estimate of drug-likeness (QED) is 0.797. The average molecular weight is 334 g/mol. The zero-order chi connectivity index (χ0) is 15.7. The number of pyridine rings is 2. The van der Waals surface area contributed by atoms with E-state index in [1.807, 2.05) is 6.92 Å². The SMILES string of the molecule is Cc1ccc(S(=O)(=O)Nc2ccc(Cl)c3cccnc23)nc1. The first-order valence-corrected chi connectivity index (χ1v) is 8.32. The number of halogens is 1. The fourth-order valence-electron chi connectivity index (χ4n) is 2.03. The third-order valence-electron chi connectivity index (χ3n) is 3.12. The topological polar surface area (TPSA) is 72.0 Å². The molecule has 2 aromatic heterocycles. The van der Waals surface area contributed by atoms with Crippen molar-refractivity contribution in [2.75, 3.05) is 4.72 Å². The molecule has 0 saturated heterocycles. The molecule has 3 rings (SSSR count). The molecule has 0 aliphatic carbocycles. The smallest absolute Gasteiger partial charge is 0.276 e. The predicted molar refractivity (Wildman–Crippen MR) is 86.5 cm³/mol. The lowest BCUT2D eigenvalue weighted by Crippen LogP contribution is -2.14. The van der Waals surface area contributed by atoms with Crippen LogP contribution in [0.3, 0.4) is 0 Å². The second kappa shape index (κ2) is 5.55. The third-order valence-corrected chi connectivity index (χ3v) is 4.73. The van der Waals surface area contributed by atoms with Crippen LogP contribution in [0.5, 0.6) is 0 Å². The van der Waals surface area contributed by atoms with Gasteiger partial charge in [-0.05, 0) is 42.8 Å². The lowest BCUT2D eigenvalue weighted by atomic mass is 10.2. The van der Waals surface area contributed by atoms with Gasteiger partial charge in [0.1, 0.15) is 0 Å². The lowest BCUT2D eigenvalue weighted by molar-refractivity contribution is 0.597. The summed E-state index contributed by atoms with van der Waals surface area (Å²) in [5.74, 6) is 0. The summed E-state index contributed by atoms with van der Waals surface area (Å²) in [5, 5.41) is 1.15. The number of benzene rings is 1. The predicted octanol–water partition coefficient (Wildman–Crippen LogP) is 3.39. The molecule has 5 nitrogen and oxygen atoms in total. The van der Waals surface area contributed by atoms with E-state index in [9.17, 15) is 8.42 Å². The van der Waals surface area contributed by atoms with Crippen molar-refractivity contribution in [3.05, 3.63) is 59.4 Å². The van der Waals surface area contributed by atoms with Crippen LogP contribution in [0.1, 0.15) is 5.56 Å². The standard InChI is InChI=1S/C15H12ClN3O2S/c1-10-4-7-14(18-9-10)22(20,21)19-13-6-5-12(16)11-3-2-8-17-15(11)13/h2-9,19H,1H3. The van der Waals surface area contributed by atoms with Gasteiger partial charge in [-0.1, -0.05) is 17.7 Å². The van der Waals surface area contributed by atoms with E-state index in [2.05, 4.69) is 14.7 Å². The monoisotopic (exact) mass is 333 g/mol. The highest BCUT2D eigenvalue weighted by Gasteiger charge is 2.17. The van der Waals surface area contributed by atoms with E-state index < -0.39 is 10.0 Å². The van der Waals surface area contributed by atoms with Crippen LogP contribution in [0.15, 0.2) is 53.8 Å². The molecule has 7 heteroatoms. The Morgan fingerprint density at radius 3 is 2.64 bits per heavy atom. The number of aryl methyl sites for hydroxylation is 1. The molecule has 1 aromatic carbocycles. The Morgan fingerprint density at radius 1 is 1.09 bits per heavy atom. The summed E-state index contributed by atoms with van der Waals surface area (Å²) in [6, 6.07) is 9.90. The molecule has 0 spiro atoms. The summed E-state index contributed by atoms with van der Waals surface area (Å²) in [4.78, 5) is 8.15. The maximum absolute atomic E-state index is 12.4. The Morgan fingerprint density at radius 2 is 1.91 bits per heavy atom. The Kier molecular flexibility index (Phi) is 3.72. The molecule has 0 fully saturated rings. The highest BCUT2D eigenvalue weighted by atomic mass is 35.5. The summed E-state index contributed by atoms with van der Waals surface area (Å²) >= 11 is 6.11. The highest BCUT2D eigenvalue weighted by molar-refractivity contribution is 7.92. The van der Waals surface area contributed by atoms with Crippen molar-refractivity contribution in [3.8, 4) is 0 Å². The minimum absolute atomic E-state index is 0.0443. The molecule has 1 N–H and O–H groups in total. The Bertz CT molecular complexity index is 941. The van der Waals surface area contributed by atoms with Crippen molar-refractivity contribution in [3.63, 3.8) is 0 Å². The van der Waals surface area contributed by atoms with E-state index in [1.54, 1.807) is 36.5 Å². The Labute approximate surface area is 133 Å². The van der Waals surface area contributed by atoms with Crippen molar-refractivity contribution in [1.82, 2.24) is 9.97 Å². The number of anilines is 1. The molecule has 0 atom stereocenters. The van der Waals surface area contributed by atoms with Crippen LogP contribution in [0.25, 0.3) is 10.9 Å². The van der Waals surface area contributed by atoms with Crippen molar-refractivity contribution < 1.29 is 8.42 Å². The molecule has 0 bridgehead atoms. The summed E-state index contributed by atoms with van der Waals surface area (Å²) in [6.07, 6.45) is 3.09. The van der Waals surface area contributed by atoms with Crippen LogP contribution in [0.2, 0.25) is 5.02 Å². The van der Waals surface area contributed by atoms with Crippen LogP contribution < -0.4 is 4.72 Å². The number of aromatic nitrogens is 2. The molecule has 0 unspecified atom stereocenters. The molecule has 0 saturated carbocycles. The van der Waals surface area contributed by atoms with Crippen molar-refractivity contribution >= 4 is 38.2 Å². The maximum Gasteiger partial charge on any atom is 0.279 e. The van der Waals surface area contributed by atoms with Gasteiger partial charge in [0.05, 0.1) is 16.2 Å². The van der Waals surface area contributed by atoms with E-state index in [0.29, 0.717) is 21.6 Å². The summed E-state index contributed by atoms with van der Waals surface area (Å²) in [7, 11) is -3.78. The molecule has 0 radical (unpaired) electrons. The maximum atomic E-state index is 12.4. The number of sulfonamides is 1. The molecule has 0 amide bonds. The van der Waals surface area contributed by atoms with E-state index >= 15 is 0 Å². The van der Waals surface area contributed by atoms with E-state index in [4.69, 9.17) is 11.6 Å². The van der Waals surface area contributed by atoms with Gasteiger partial charge >= 0.3 is 0 Å². The molecule has 22 heavy (non-hydrogen) atoms. The van der Waals surface area contributed by atoms with Crippen molar-refractivity contribution in [2.24, 2.45) is 0 Å². The molecular formula is C15H12ClN3O2S. The van der Waals surface area contributed by atoms with Gasteiger partial charge in [-0.3, -0.25) is 9.71 Å². The van der Waals surface area contributed by atoms with E-state index in [-0.39, 0.29) is 5.03 Å². The third kappa shape index (κ3) is 2.75. The second-order valence-corrected chi connectivity index (χ2v) is 6.81. The molecule has 0 aliphatic heterocycles. The number of nitrogens with one attached hydrogen (secondary N) is 1. The van der Waals surface area contributed by atoms with Gasteiger partial charge in [0.2, 0.25) is 0 Å². The van der Waals surface area contributed by atoms with E-state index in [1.165, 1.54) is 12.3 Å². The van der Waals surface area contributed by atoms with Crippen molar-refractivity contribution in [2.45, 2.75) is 11.9 Å². The molecule has 2 heterocycles. The highest BCUT2D eigenvalue weighted by Crippen LogP contribution is 2.29. The molecular weight excluding hydrogens is 322 g/mol. The van der Waals surface area contributed by atoms with Crippen LogP contribution in [0.4, 0.5) is 5.69 Å². The van der Waals surface area contributed by atoms with Crippen molar-refractivity contribution in [1.29, 1.82) is 0 Å². The second-order valence-electron chi connectivity index (χ2n) is 4.77. The largest absolute Gasteiger partial charge is 0.279 e. The summed E-state index contributed by atoms with van der Waals surface area (Å²) in [5.41, 5.74) is 1.74. The number of fused-ring (bicyclic) bond motifs is 1.